The van der Waals surface area contributed by atoms with Crippen LogP contribution in [0.3, 0.4) is 0 Å². The molecule has 4 aliphatic carbocycles. The smallest absolute Gasteiger partial charge is 0.303 e. The van der Waals surface area contributed by atoms with Crippen LogP contribution in [0.15, 0.2) is 12.2 Å². The van der Waals surface area contributed by atoms with Crippen LogP contribution in [0.2, 0.25) is 0 Å². The maximum atomic E-state index is 11.0. The normalized spacial score (nSPS) is 49.8. The molecule has 9 atom stereocenters. The number of carbonyl (C=O) groups is 1. The van der Waals surface area contributed by atoms with Crippen molar-refractivity contribution in [1.29, 1.82) is 0 Å². The van der Waals surface area contributed by atoms with Crippen LogP contribution in [0.1, 0.15) is 78.6 Å². The molecule has 3 fully saturated rings. The van der Waals surface area contributed by atoms with Crippen LogP contribution >= 0.6 is 0 Å². The lowest BCUT2D eigenvalue weighted by molar-refractivity contribution is -0.137. The van der Waals surface area contributed by atoms with E-state index >= 15 is 0 Å². The van der Waals surface area contributed by atoms with Gasteiger partial charge in [-0.25, -0.2) is 0 Å². The van der Waals surface area contributed by atoms with Gasteiger partial charge in [-0.1, -0.05) is 32.9 Å². The van der Waals surface area contributed by atoms with E-state index in [0.29, 0.717) is 35.5 Å². The molecule has 3 heteroatoms. The average Bonchev–Trinajstić information content (AvgIpc) is 2.97. The summed E-state index contributed by atoms with van der Waals surface area (Å²) in [6, 6.07) is 0. The summed E-state index contributed by atoms with van der Waals surface area (Å²) in [4.78, 5) is 11.0. The zero-order chi connectivity index (χ0) is 19.4. The zero-order valence-electron chi connectivity index (χ0n) is 17.4. The van der Waals surface area contributed by atoms with Gasteiger partial charge in [-0.3, -0.25) is 4.79 Å². The van der Waals surface area contributed by atoms with Gasteiger partial charge in [0.05, 0.1) is 6.10 Å². The van der Waals surface area contributed by atoms with E-state index in [9.17, 15) is 9.90 Å². The minimum absolute atomic E-state index is 0.0802. The summed E-state index contributed by atoms with van der Waals surface area (Å²) in [6.07, 6.45) is 14.5. The number of hydrogen-bond acceptors (Lipinski definition) is 2. The second-order valence-corrected chi connectivity index (χ2v) is 10.8. The lowest BCUT2D eigenvalue weighted by Gasteiger charge is -2.58. The minimum Gasteiger partial charge on any atom is -0.481 e. The van der Waals surface area contributed by atoms with Gasteiger partial charge in [0.15, 0.2) is 0 Å². The molecular weight excluding hydrogens is 336 g/mol. The summed E-state index contributed by atoms with van der Waals surface area (Å²) < 4.78 is 0. The van der Waals surface area contributed by atoms with Gasteiger partial charge in [0.1, 0.15) is 0 Å². The number of aliphatic hydroxyl groups is 1. The van der Waals surface area contributed by atoms with E-state index in [1.807, 2.05) is 0 Å². The fourth-order valence-corrected chi connectivity index (χ4v) is 8.10. The van der Waals surface area contributed by atoms with Crippen molar-refractivity contribution in [3.8, 4) is 0 Å². The highest BCUT2D eigenvalue weighted by atomic mass is 16.4. The van der Waals surface area contributed by atoms with Crippen LogP contribution in [0.4, 0.5) is 0 Å². The highest BCUT2D eigenvalue weighted by Crippen LogP contribution is 2.66. The van der Waals surface area contributed by atoms with Crippen LogP contribution in [0.5, 0.6) is 0 Å². The van der Waals surface area contributed by atoms with Crippen molar-refractivity contribution in [2.75, 3.05) is 0 Å². The Kier molecular flexibility index (Phi) is 4.98. The summed E-state index contributed by atoms with van der Waals surface area (Å²) >= 11 is 0. The Balaban J connectivity index is 1.56. The summed E-state index contributed by atoms with van der Waals surface area (Å²) in [6.45, 7) is 7.26. The van der Waals surface area contributed by atoms with Crippen molar-refractivity contribution in [3.63, 3.8) is 0 Å². The summed E-state index contributed by atoms with van der Waals surface area (Å²) in [5.41, 5.74) is 0.615. The Labute approximate surface area is 164 Å². The molecule has 2 N–H and O–H groups in total. The standard InChI is InChI=1S/C24H38O3/c1-15(4-9-22(26)27)19-7-8-20-18-6-5-16-14-17(25)10-12-23(16,2)21(18)11-13-24(19,20)3/h11,13,15-21,25H,4-10,12,14H2,1-3H3,(H,26,27)/t15-,16?,17-,18?,19-,20?,21?,23+,24-/m1/s1. The van der Waals surface area contributed by atoms with Crippen LogP contribution in [0, 0.1) is 46.3 Å². The first-order valence-corrected chi connectivity index (χ1v) is 11.3. The zero-order valence-corrected chi connectivity index (χ0v) is 17.4. The molecule has 0 aromatic rings. The Morgan fingerprint density at radius 2 is 1.96 bits per heavy atom. The molecule has 152 valence electrons. The lowest BCUT2D eigenvalue weighted by atomic mass is 9.46. The van der Waals surface area contributed by atoms with Gasteiger partial charge in [-0.05, 0) is 97.7 Å². The molecule has 0 saturated heterocycles. The molecule has 3 nitrogen and oxygen atoms in total. The van der Waals surface area contributed by atoms with Gasteiger partial charge in [-0.2, -0.15) is 0 Å². The van der Waals surface area contributed by atoms with Crippen LogP contribution in [-0.4, -0.2) is 22.3 Å². The first-order chi connectivity index (χ1) is 12.8. The lowest BCUT2D eigenvalue weighted by Crippen LogP contribution is -2.52. The van der Waals surface area contributed by atoms with Gasteiger partial charge in [-0.15, -0.1) is 0 Å². The fraction of sp³-hybridized carbons (Fsp3) is 0.875. The number of aliphatic hydroxyl groups excluding tert-OH is 1. The Bertz CT molecular complexity index is 613. The van der Waals surface area contributed by atoms with Crippen molar-refractivity contribution in [2.24, 2.45) is 46.3 Å². The van der Waals surface area contributed by atoms with Crippen molar-refractivity contribution >= 4 is 5.97 Å². The monoisotopic (exact) mass is 374 g/mol. The molecule has 3 saturated carbocycles. The number of carboxylic acid groups (broad SMARTS) is 1. The molecule has 0 bridgehead atoms. The van der Waals surface area contributed by atoms with Crippen molar-refractivity contribution < 1.29 is 15.0 Å². The maximum Gasteiger partial charge on any atom is 0.303 e. The van der Waals surface area contributed by atoms with Gasteiger partial charge in [0.2, 0.25) is 0 Å². The molecule has 4 unspecified atom stereocenters. The Hall–Kier alpha value is -0.830. The molecule has 0 heterocycles. The third-order valence-electron chi connectivity index (χ3n) is 9.64. The summed E-state index contributed by atoms with van der Waals surface area (Å²) in [7, 11) is 0. The third-order valence-corrected chi connectivity index (χ3v) is 9.64. The third kappa shape index (κ3) is 3.09. The number of aliphatic carboxylic acids is 1. The fourth-order valence-electron chi connectivity index (χ4n) is 8.10. The van der Waals surface area contributed by atoms with Gasteiger partial charge >= 0.3 is 5.97 Å². The van der Waals surface area contributed by atoms with E-state index in [-0.39, 0.29) is 11.5 Å². The average molecular weight is 375 g/mol. The number of rotatable bonds is 4. The number of fused-ring (bicyclic) bond motifs is 5. The molecule has 4 rings (SSSR count). The Morgan fingerprint density at radius 3 is 2.70 bits per heavy atom. The maximum absolute atomic E-state index is 11.0. The van der Waals surface area contributed by atoms with Gasteiger partial charge < -0.3 is 10.2 Å². The topological polar surface area (TPSA) is 57.5 Å². The molecular formula is C24H38O3. The number of allylic oxidation sites excluding steroid dienone is 2. The second kappa shape index (κ2) is 6.90. The predicted molar refractivity (Wildman–Crippen MR) is 107 cm³/mol. The molecule has 0 aliphatic heterocycles. The largest absolute Gasteiger partial charge is 0.481 e. The first-order valence-electron chi connectivity index (χ1n) is 11.3. The van der Waals surface area contributed by atoms with E-state index in [0.717, 1.165) is 31.1 Å². The number of hydrogen-bond donors (Lipinski definition) is 2. The van der Waals surface area contributed by atoms with Crippen molar-refractivity contribution in [1.82, 2.24) is 0 Å². The predicted octanol–water partition coefficient (Wildman–Crippen LogP) is 5.28. The molecule has 4 aliphatic rings. The second-order valence-electron chi connectivity index (χ2n) is 10.8. The summed E-state index contributed by atoms with van der Waals surface area (Å²) in [5.74, 6) is 3.35. The summed E-state index contributed by atoms with van der Waals surface area (Å²) in [5, 5.41) is 19.3. The molecule has 27 heavy (non-hydrogen) atoms. The van der Waals surface area contributed by atoms with Crippen LogP contribution in [-0.2, 0) is 4.79 Å². The molecule has 0 spiro atoms. The van der Waals surface area contributed by atoms with E-state index in [1.165, 1.54) is 32.1 Å². The minimum atomic E-state index is -0.661. The van der Waals surface area contributed by atoms with E-state index in [4.69, 9.17) is 5.11 Å². The van der Waals surface area contributed by atoms with Crippen LogP contribution in [0.25, 0.3) is 0 Å². The van der Waals surface area contributed by atoms with Gasteiger partial charge in [0.25, 0.3) is 0 Å². The quantitative estimate of drug-likeness (QED) is 0.658. The highest BCUT2D eigenvalue weighted by Gasteiger charge is 2.58. The molecule has 0 radical (unpaired) electrons. The van der Waals surface area contributed by atoms with Crippen LogP contribution < -0.4 is 0 Å². The van der Waals surface area contributed by atoms with E-state index < -0.39 is 5.97 Å². The Morgan fingerprint density at radius 1 is 1.19 bits per heavy atom. The molecule has 0 aromatic heterocycles. The van der Waals surface area contributed by atoms with E-state index in [1.54, 1.807) is 0 Å². The van der Waals surface area contributed by atoms with Crippen molar-refractivity contribution in [3.05, 3.63) is 12.2 Å². The molecule has 0 aromatic carbocycles. The number of carboxylic acids is 1. The van der Waals surface area contributed by atoms with Gasteiger partial charge in [0, 0.05) is 6.42 Å². The van der Waals surface area contributed by atoms with E-state index in [2.05, 4.69) is 32.9 Å². The SMILES string of the molecule is C[C@H](CCC(=O)O)[C@H]1CCC2C3CCC4C[C@H](O)CC[C@]4(C)C3C=C[C@@]21C. The van der Waals surface area contributed by atoms with Crippen molar-refractivity contribution in [2.45, 2.75) is 84.7 Å². The molecule has 0 amide bonds. The highest BCUT2D eigenvalue weighted by molar-refractivity contribution is 5.66. The first kappa shape index (κ1) is 19.5.